The number of nitro groups is 1. The minimum absolute atomic E-state index is 0.0761. The highest BCUT2D eigenvalue weighted by atomic mass is 35.5. The molecular formula is C14H11ClN4O5. The summed E-state index contributed by atoms with van der Waals surface area (Å²) in [6.45, 7) is -0.583. The largest absolute Gasteiger partial charge is 0.452 e. The van der Waals surface area contributed by atoms with Crippen molar-refractivity contribution in [2.45, 2.75) is 0 Å². The lowest BCUT2D eigenvalue weighted by molar-refractivity contribution is -0.384. The van der Waals surface area contributed by atoms with Gasteiger partial charge in [-0.2, -0.15) is 0 Å². The first-order chi connectivity index (χ1) is 11.4. The number of anilines is 2. The van der Waals surface area contributed by atoms with E-state index in [1.807, 2.05) is 0 Å². The highest BCUT2D eigenvalue weighted by Gasteiger charge is 2.17. The number of carbonyl (C=O) groups excluding carboxylic acids is 2. The first kappa shape index (κ1) is 17.2. The second-order valence-corrected chi connectivity index (χ2v) is 4.85. The molecule has 0 aliphatic rings. The zero-order chi connectivity index (χ0) is 17.7. The van der Waals surface area contributed by atoms with Gasteiger partial charge in [0.15, 0.2) is 11.8 Å². The van der Waals surface area contributed by atoms with E-state index in [1.54, 1.807) is 6.07 Å². The highest BCUT2D eigenvalue weighted by Crippen LogP contribution is 2.21. The highest BCUT2D eigenvalue weighted by molar-refractivity contribution is 6.32. The third-order valence-corrected chi connectivity index (χ3v) is 3.13. The van der Waals surface area contributed by atoms with Crippen LogP contribution in [0, 0.1) is 10.1 Å². The number of rotatable bonds is 5. The number of ether oxygens (including phenoxy) is 1. The number of aromatic nitrogens is 1. The van der Waals surface area contributed by atoms with Crippen molar-refractivity contribution in [3.05, 3.63) is 57.4 Å². The fourth-order valence-electron chi connectivity index (χ4n) is 1.72. The smallest absolute Gasteiger partial charge is 0.340 e. The number of esters is 1. The number of nitrogens with one attached hydrogen (secondary N) is 1. The number of nitrogens with two attached hydrogens (primary N) is 1. The molecule has 1 aromatic heterocycles. The Morgan fingerprint density at radius 2 is 2.12 bits per heavy atom. The predicted molar refractivity (Wildman–Crippen MR) is 85.7 cm³/mol. The van der Waals surface area contributed by atoms with Crippen LogP contribution < -0.4 is 11.1 Å². The van der Waals surface area contributed by atoms with Crippen molar-refractivity contribution in [1.82, 2.24) is 4.98 Å². The summed E-state index contributed by atoms with van der Waals surface area (Å²) >= 11 is 5.78. The van der Waals surface area contributed by atoms with Gasteiger partial charge in [0, 0.05) is 18.3 Å². The lowest BCUT2D eigenvalue weighted by atomic mass is 10.1. The molecule has 1 aromatic carbocycles. The molecule has 10 heteroatoms. The van der Waals surface area contributed by atoms with Crippen molar-refractivity contribution in [1.29, 1.82) is 0 Å². The van der Waals surface area contributed by atoms with E-state index in [-0.39, 0.29) is 27.8 Å². The summed E-state index contributed by atoms with van der Waals surface area (Å²) in [5.74, 6) is -1.51. The summed E-state index contributed by atoms with van der Waals surface area (Å²) in [7, 11) is 0. The second kappa shape index (κ2) is 7.38. The van der Waals surface area contributed by atoms with Crippen LogP contribution in [-0.4, -0.2) is 28.4 Å². The van der Waals surface area contributed by atoms with Crippen LogP contribution in [-0.2, 0) is 9.53 Å². The molecule has 0 aliphatic heterocycles. The Hall–Kier alpha value is -3.20. The van der Waals surface area contributed by atoms with Gasteiger partial charge in [0.2, 0.25) is 0 Å². The monoisotopic (exact) mass is 350 g/mol. The van der Waals surface area contributed by atoms with Crippen molar-refractivity contribution in [3.8, 4) is 0 Å². The summed E-state index contributed by atoms with van der Waals surface area (Å²) in [5, 5.41) is 13.1. The van der Waals surface area contributed by atoms with E-state index in [9.17, 15) is 19.7 Å². The molecule has 2 aromatic rings. The number of nitro benzene ring substituents is 1. The molecule has 3 N–H and O–H groups in total. The third-order valence-electron chi connectivity index (χ3n) is 2.83. The molecule has 0 bridgehead atoms. The van der Waals surface area contributed by atoms with Gasteiger partial charge in [-0.15, -0.1) is 0 Å². The quantitative estimate of drug-likeness (QED) is 0.276. The number of pyridine rings is 1. The van der Waals surface area contributed by atoms with E-state index < -0.39 is 23.4 Å². The normalized spacial score (nSPS) is 10.0. The lowest BCUT2D eigenvalue weighted by Gasteiger charge is -2.08. The maximum atomic E-state index is 11.9. The number of hydrogen-bond donors (Lipinski definition) is 2. The Bertz CT molecular complexity index is 812. The molecule has 9 nitrogen and oxygen atoms in total. The van der Waals surface area contributed by atoms with Gasteiger partial charge in [-0.3, -0.25) is 14.9 Å². The molecular weight excluding hydrogens is 340 g/mol. The molecule has 1 amide bonds. The number of halogens is 1. The van der Waals surface area contributed by atoms with Gasteiger partial charge in [0.1, 0.15) is 0 Å². The Morgan fingerprint density at radius 1 is 1.38 bits per heavy atom. The second-order valence-electron chi connectivity index (χ2n) is 4.49. The van der Waals surface area contributed by atoms with Crippen molar-refractivity contribution < 1.29 is 19.2 Å². The number of carbonyl (C=O) groups is 2. The molecule has 2 rings (SSSR count). The van der Waals surface area contributed by atoms with Crippen molar-refractivity contribution in [2.24, 2.45) is 0 Å². The Kier molecular flexibility index (Phi) is 5.27. The Labute approximate surface area is 140 Å². The van der Waals surface area contributed by atoms with Crippen LogP contribution in [0.2, 0.25) is 5.15 Å². The zero-order valence-corrected chi connectivity index (χ0v) is 12.8. The van der Waals surface area contributed by atoms with E-state index in [1.165, 1.54) is 12.3 Å². The first-order valence-electron chi connectivity index (χ1n) is 6.50. The number of benzene rings is 1. The number of nitrogens with zero attached hydrogens (tertiary/aromatic N) is 2. The van der Waals surface area contributed by atoms with Crippen LogP contribution in [0.15, 0.2) is 36.5 Å². The van der Waals surface area contributed by atoms with Crippen LogP contribution >= 0.6 is 11.6 Å². The molecule has 0 aliphatic carbocycles. The number of amides is 1. The number of non-ortho nitro benzene ring substituents is 1. The summed E-state index contributed by atoms with van der Waals surface area (Å²) in [5.41, 5.74) is 5.40. The number of nitrogen functional groups attached to an aromatic ring is 1. The van der Waals surface area contributed by atoms with E-state index >= 15 is 0 Å². The van der Waals surface area contributed by atoms with E-state index in [0.29, 0.717) is 0 Å². The van der Waals surface area contributed by atoms with Crippen LogP contribution in [0.4, 0.5) is 17.1 Å². The van der Waals surface area contributed by atoms with Gasteiger partial charge in [-0.05, 0) is 18.2 Å². The number of hydrogen-bond acceptors (Lipinski definition) is 7. The standard InChI is InChI=1S/C14H11ClN4O5/c15-13-11(2-1-5-17-13)18-12(20)7-24-14(21)9-4-3-8(19(22)23)6-10(9)16/h1-6H,7,16H2,(H,18,20). The molecule has 0 radical (unpaired) electrons. The summed E-state index contributed by atoms with van der Waals surface area (Å²) in [6, 6.07) is 6.41. The van der Waals surface area contributed by atoms with Gasteiger partial charge >= 0.3 is 5.97 Å². The van der Waals surface area contributed by atoms with Crippen molar-refractivity contribution >= 4 is 40.5 Å². The first-order valence-corrected chi connectivity index (χ1v) is 6.87. The maximum absolute atomic E-state index is 11.9. The Morgan fingerprint density at radius 3 is 2.75 bits per heavy atom. The van der Waals surface area contributed by atoms with Crippen LogP contribution in [0.3, 0.4) is 0 Å². The molecule has 0 spiro atoms. The molecule has 124 valence electrons. The Balaban J connectivity index is 1.97. The topological polar surface area (TPSA) is 137 Å². The van der Waals surface area contributed by atoms with Gasteiger partial charge in [0.05, 0.1) is 21.9 Å². The minimum Gasteiger partial charge on any atom is -0.452 e. The van der Waals surface area contributed by atoms with Crippen LogP contribution in [0.25, 0.3) is 0 Å². The molecule has 0 saturated heterocycles. The molecule has 24 heavy (non-hydrogen) atoms. The van der Waals surface area contributed by atoms with E-state index in [4.69, 9.17) is 22.1 Å². The van der Waals surface area contributed by atoms with Gasteiger partial charge < -0.3 is 15.8 Å². The minimum atomic E-state index is -0.880. The lowest BCUT2D eigenvalue weighted by Crippen LogP contribution is -2.21. The van der Waals surface area contributed by atoms with E-state index in [2.05, 4.69) is 10.3 Å². The predicted octanol–water partition coefficient (Wildman–Crippen LogP) is 2.02. The molecule has 0 fully saturated rings. The SMILES string of the molecule is Nc1cc([N+](=O)[O-])ccc1C(=O)OCC(=O)Nc1cccnc1Cl. The van der Waals surface area contributed by atoms with Gasteiger partial charge in [-0.25, -0.2) is 9.78 Å². The molecule has 0 unspecified atom stereocenters. The summed E-state index contributed by atoms with van der Waals surface area (Å²) in [4.78, 5) is 37.4. The third kappa shape index (κ3) is 4.17. The average molecular weight is 351 g/mol. The zero-order valence-electron chi connectivity index (χ0n) is 12.1. The average Bonchev–Trinajstić information content (AvgIpc) is 2.54. The van der Waals surface area contributed by atoms with Gasteiger partial charge in [0.25, 0.3) is 11.6 Å². The summed E-state index contributed by atoms with van der Waals surface area (Å²) < 4.78 is 4.82. The van der Waals surface area contributed by atoms with Crippen molar-refractivity contribution in [3.63, 3.8) is 0 Å². The van der Waals surface area contributed by atoms with Crippen LogP contribution in [0.5, 0.6) is 0 Å². The van der Waals surface area contributed by atoms with Crippen molar-refractivity contribution in [2.75, 3.05) is 17.7 Å². The molecule has 0 atom stereocenters. The fourth-order valence-corrected chi connectivity index (χ4v) is 1.89. The van der Waals surface area contributed by atoms with Crippen LogP contribution in [0.1, 0.15) is 10.4 Å². The van der Waals surface area contributed by atoms with Gasteiger partial charge in [-0.1, -0.05) is 11.6 Å². The summed E-state index contributed by atoms with van der Waals surface area (Å²) in [6.07, 6.45) is 1.45. The molecule has 1 heterocycles. The molecule has 0 saturated carbocycles. The maximum Gasteiger partial charge on any atom is 0.340 e. The fraction of sp³-hybridized carbons (Fsp3) is 0.0714. The van der Waals surface area contributed by atoms with E-state index in [0.717, 1.165) is 18.2 Å².